The van der Waals surface area contributed by atoms with E-state index in [0.717, 1.165) is 4.90 Å². The third kappa shape index (κ3) is 5.10. The van der Waals surface area contributed by atoms with E-state index in [-0.39, 0.29) is 12.5 Å². The third-order valence-electron chi connectivity index (χ3n) is 2.74. The van der Waals surface area contributed by atoms with Crippen molar-refractivity contribution in [1.82, 2.24) is 10.2 Å². The molecular formula is C15H18N2O4. The number of carboxylic acid groups (broad SMARTS) is 1. The second kappa shape index (κ2) is 7.84. The molecule has 21 heavy (non-hydrogen) atoms. The molecule has 112 valence electrons. The van der Waals surface area contributed by atoms with Crippen LogP contribution in [0.15, 0.2) is 43.0 Å². The van der Waals surface area contributed by atoms with Gasteiger partial charge in [-0.3, -0.25) is 14.4 Å². The van der Waals surface area contributed by atoms with E-state index < -0.39 is 24.5 Å². The highest BCUT2D eigenvalue weighted by Gasteiger charge is 2.23. The van der Waals surface area contributed by atoms with Crippen LogP contribution in [0.3, 0.4) is 0 Å². The molecule has 6 heteroatoms. The summed E-state index contributed by atoms with van der Waals surface area (Å²) in [4.78, 5) is 35.9. The Bertz CT molecular complexity index is 528. The molecule has 1 aromatic rings. The van der Waals surface area contributed by atoms with Crippen molar-refractivity contribution < 1.29 is 19.5 Å². The van der Waals surface area contributed by atoms with Crippen LogP contribution in [0.5, 0.6) is 0 Å². The lowest BCUT2D eigenvalue weighted by molar-refractivity contribution is -0.144. The number of carbonyl (C=O) groups is 3. The van der Waals surface area contributed by atoms with Gasteiger partial charge in [-0.2, -0.15) is 0 Å². The number of hydrogen-bond acceptors (Lipinski definition) is 3. The fourth-order valence-electron chi connectivity index (χ4n) is 1.76. The van der Waals surface area contributed by atoms with Crippen molar-refractivity contribution in [1.29, 1.82) is 0 Å². The minimum Gasteiger partial charge on any atom is -0.480 e. The molecule has 0 fully saturated rings. The summed E-state index contributed by atoms with van der Waals surface area (Å²) >= 11 is 0. The lowest BCUT2D eigenvalue weighted by Gasteiger charge is -2.23. The Morgan fingerprint density at radius 1 is 1.33 bits per heavy atom. The molecular weight excluding hydrogens is 272 g/mol. The standard InChI is InChI=1S/C15H18N2O4/c1-3-9-17(10-13(18)19)15(21)11(2)16-14(20)12-7-5-4-6-8-12/h3-8,11H,1,9-10H2,2H3,(H,16,20)(H,18,19). The molecule has 0 bridgehead atoms. The molecule has 0 aromatic heterocycles. The van der Waals surface area contributed by atoms with Crippen molar-refractivity contribution in [2.45, 2.75) is 13.0 Å². The smallest absolute Gasteiger partial charge is 0.323 e. The summed E-state index contributed by atoms with van der Waals surface area (Å²) in [5.74, 6) is -1.97. The van der Waals surface area contributed by atoms with Gasteiger partial charge in [-0.15, -0.1) is 6.58 Å². The Labute approximate surface area is 123 Å². The van der Waals surface area contributed by atoms with E-state index in [2.05, 4.69) is 11.9 Å². The van der Waals surface area contributed by atoms with Crippen LogP contribution in [0.1, 0.15) is 17.3 Å². The van der Waals surface area contributed by atoms with Crippen LogP contribution in [-0.4, -0.2) is 46.9 Å². The second-order valence-electron chi connectivity index (χ2n) is 4.46. The van der Waals surface area contributed by atoms with E-state index in [1.54, 1.807) is 30.3 Å². The predicted octanol–water partition coefficient (Wildman–Crippen LogP) is 0.904. The molecule has 0 heterocycles. The molecule has 1 aromatic carbocycles. The summed E-state index contributed by atoms with van der Waals surface area (Å²) in [7, 11) is 0. The minimum absolute atomic E-state index is 0.108. The Balaban J connectivity index is 2.70. The van der Waals surface area contributed by atoms with E-state index in [1.807, 2.05) is 0 Å². The van der Waals surface area contributed by atoms with E-state index in [9.17, 15) is 14.4 Å². The lowest BCUT2D eigenvalue weighted by Crippen LogP contribution is -2.48. The van der Waals surface area contributed by atoms with Gasteiger partial charge in [0.1, 0.15) is 12.6 Å². The molecule has 2 amide bonds. The molecule has 0 spiro atoms. The van der Waals surface area contributed by atoms with Gasteiger partial charge in [0.15, 0.2) is 0 Å². The van der Waals surface area contributed by atoms with Gasteiger partial charge in [0.25, 0.3) is 5.91 Å². The van der Waals surface area contributed by atoms with Crippen LogP contribution in [0.4, 0.5) is 0 Å². The maximum Gasteiger partial charge on any atom is 0.323 e. The molecule has 1 atom stereocenters. The van der Waals surface area contributed by atoms with Crippen molar-refractivity contribution in [3.8, 4) is 0 Å². The van der Waals surface area contributed by atoms with E-state index >= 15 is 0 Å². The van der Waals surface area contributed by atoms with Crippen molar-refractivity contribution in [3.63, 3.8) is 0 Å². The first kappa shape index (κ1) is 16.4. The Morgan fingerprint density at radius 3 is 2.48 bits per heavy atom. The zero-order valence-corrected chi connectivity index (χ0v) is 11.8. The van der Waals surface area contributed by atoms with Gasteiger partial charge in [-0.1, -0.05) is 24.3 Å². The summed E-state index contributed by atoms with van der Waals surface area (Å²) in [6.07, 6.45) is 1.44. The summed E-state index contributed by atoms with van der Waals surface area (Å²) in [6.45, 7) is 4.67. The zero-order valence-electron chi connectivity index (χ0n) is 11.8. The van der Waals surface area contributed by atoms with Gasteiger partial charge < -0.3 is 15.3 Å². The topological polar surface area (TPSA) is 86.7 Å². The number of amides is 2. The van der Waals surface area contributed by atoms with E-state index in [4.69, 9.17) is 5.11 Å². The maximum atomic E-state index is 12.1. The zero-order chi connectivity index (χ0) is 15.8. The number of benzene rings is 1. The number of carboxylic acids is 1. The number of nitrogens with one attached hydrogen (secondary N) is 1. The van der Waals surface area contributed by atoms with E-state index in [1.165, 1.54) is 13.0 Å². The normalized spacial score (nSPS) is 11.3. The summed E-state index contributed by atoms with van der Waals surface area (Å²) < 4.78 is 0. The van der Waals surface area contributed by atoms with Crippen LogP contribution in [0.2, 0.25) is 0 Å². The lowest BCUT2D eigenvalue weighted by atomic mass is 10.2. The SMILES string of the molecule is C=CCN(CC(=O)O)C(=O)C(C)NC(=O)c1ccccc1. The van der Waals surface area contributed by atoms with Gasteiger partial charge in [-0.05, 0) is 19.1 Å². The monoisotopic (exact) mass is 290 g/mol. The van der Waals surface area contributed by atoms with Crippen molar-refractivity contribution >= 4 is 17.8 Å². The molecule has 0 saturated carbocycles. The van der Waals surface area contributed by atoms with Crippen molar-refractivity contribution in [3.05, 3.63) is 48.6 Å². The largest absolute Gasteiger partial charge is 0.480 e. The number of carbonyl (C=O) groups excluding carboxylic acids is 2. The quantitative estimate of drug-likeness (QED) is 0.731. The average Bonchev–Trinajstić information content (AvgIpc) is 2.46. The highest BCUT2D eigenvalue weighted by molar-refractivity contribution is 5.97. The Hall–Kier alpha value is -2.63. The van der Waals surface area contributed by atoms with Gasteiger partial charge in [0.05, 0.1) is 0 Å². The molecule has 0 saturated heterocycles. The highest BCUT2D eigenvalue weighted by atomic mass is 16.4. The van der Waals surface area contributed by atoms with Gasteiger partial charge in [0.2, 0.25) is 5.91 Å². The first-order valence-electron chi connectivity index (χ1n) is 6.43. The fourth-order valence-corrected chi connectivity index (χ4v) is 1.76. The number of hydrogen-bond donors (Lipinski definition) is 2. The number of nitrogens with zero attached hydrogens (tertiary/aromatic N) is 1. The van der Waals surface area contributed by atoms with Crippen molar-refractivity contribution in [2.24, 2.45) is 0 Å². The molecule has 2 N–H and O–H groups in total. The summed E-state index contributed by atoms with van der Waals surface area (Å²) in [5, 5.41) is 11.3. The molecule has 1 rings (SSSR count). The number of rotatable bonds is 7. The second-order valence-corrected chi connectivity index (χ2v) is 4.46. The average molecular weight is 290 g/mol. The maximum absolute atomic E-state index is 12.1. The predicted molar refractivity (Wildman–Crippen MR) is 77.8 cm³/mol. The third-order valence-corrected chi connectivity index (χ3v) is 2.74. The van der Waals surface area contributed by atoms with Crippen molar-refractivity contribution in [2.75, 3.05) is 13.1 Å². The minimum atomic E-state index is -1.12. The van der Waals surface area contributed by atoms with Gasteiger partial charge >= 0.3 is 5.97 Å². The molecule has 0 aliphatic carbocycles. The van der Waals surface area contributed by atoms with Crippen LogP contribution in [0.25, 0.3) is 0 Å². The summed E-state index contributed by atoms with van der Waals surface area (Å²) in [5.41, 5.74) is 0.436. The van der Waals surface area contributed by atoms with E-state index in [0.29, 0.717) is 5.56 Å². The first-order valence-corrected chi connectivity index (χ1v) is 6.43. The van der Waals surface area contributed by atoms with Crippen LogP contribution < -0.4 is 5.32 Å². The molecule has 0 radical (unpaired) electrons. The highest BCUT2D eigenvalue weighted by Crippen LogP contribution is 2.01. The number of aliphatic carboxylic acids is 1. The first-order chi connectivity index (χ1) is 9.95. The Morgan fingerprint density at radius 2 is 1.95 bits per heavy atom. The molecule has 1 unspecified atom stereocenters. The van der Waals surface area contributed by atoms with Crippen LogP contribution >= 0.6 is 0 Å². The van der Waals surface area contributed by atoms with Crippen LogP contribution in [-0.2, 0) is 9.59 Å². The van der Waals surface area contributed by atoms with Gasteiger partial charge in [-0.25, -0.2) is 0 Å². The van der Waals surface area contributed by atoms with Gasteiger partial charge in [0, 0.05) is 12.1 Å². The molecule has 6 nitrogen and oxygen atoms in total. The van der Waals surface area contributed by atoms with Crippen LogP contribution in [0, 0.1) is 0 Å². The fraction of sp³-hybridized carbons (Fsp3) is 0.267. The molecule has 0 aliphatic heterocycles. The Kier molecular flexibility index (Phi) is 6.13. The summed E-state index contributed by atoms with van der Waals surface area (Å²) in [6, 6.07) is 7.66. The molecule has 0 aliphatic rings.